The fourth-order valence-electron chi connectivity index (χ4n) is 4.80. The molecular formula is C12H22ClNS. The summed E-state index contributed by atoms with van der Waals surface area (Å²) in [4.78, 5) is 2.48. The average Bonchev–Trinajstić information content (AvgIpc) is 1.97. The van der Waals surface area contributed by atoms with Gasteiger partial charge in [0.2, 0.25) is 0 Å². The second-order valence-electron chi connectivity index (χ2n) is 6.15. The van der Waals surface area contributed by atoms with Gasteiger partial charge in [0.05, 0.1) is 0 Å². The largest absolute Gasteiger partial charge is 0.306 e. The fraction of sp³-hybridized carbons (Fsp3) is 1.00. The van der Waals surface area contributed by atoms with Gasteiger partial charge in [-0.15, -0.1) is 12.4 Å². The predicted octanol–water partition coefficient (Wildman–Crippen LogP) is 2.85. The van der Waals surface area contributed by atoms with Crippen molar-refractivity contribution in [3.63, 3.8) is 0 Å². The van der Waals surface area contributed by atoms with E-state index in [1.54, 1.807) is 0 Å². The minimum absolute atomic E-state index is 0. The van der Waals surface area contributed by atoms with Crippen LogP contribution in [0.4, 0.5) is 0 Å². The monoisotopic (exact) mass is 247 g/mol. The number of halogens is 1. The molecule has 0 aromatic rings. The molecule has 0 saturated heterocycles. The summed E-state index contributed by atoms with van der Waals surface area (Å²) in [5.74, 6) is 2.92. The quantitative estimate of drug-likeness (QED) is 0.698. The molecule has 1 nitrogen and oxygen atoms in total. The third-order valence-electron chi connectivity index (χ3n) is 4.79. The van der Waals surface area contributed by atoms with Gasteiger partial charge in [0.1, 0.15) is 0 Å². The average molecular weight is 248 g/mol. The van der Waals surface area contributed by atoms with Gasteiger partial charge in [-0.25, -0.2) is 0 Å². The van der Waals surface area contributed by atoms with Crippen LogP contribution in [-0.4, -0.2) is 29.8 Å². The van der Waals surface area contributed by atoms with E-state index in [1.165, 1.54) is 32.1 Å². The second-order valence-corrected chi connectivity index (χ2v) is 7.10. The molecule has 0 radical (unpaired) electrons. The minimum Gasteiger partial charge on any atom is -0.306 e. The lowest BCUT2D eigenvalue weighted by atomic mass is 9.53. The van der Waals surface area contributed by atoms with Gasteiger partial charge in [-0.1, -0.05) is 0 Å². The van der Waals surface area contributed by atoms with E-state index in [4.69, 9.17) is 12.6 Å². The van der Waals surface area contributed by atoms with E-state index in [0.29, 0.717) is 4.75 Å². The number of nitrogens with zero attached hydrogens (tertiary/aromatic N) is 1. The highest BCUT2D eigenvalue weighted by Gasteiger charge is 2.54. The van der Waals surface area contributed by atoms with Crippen molar-refractivity contribution in [2.75, 3.05) is 14.1 Å². The van der Waals surface area contributed by atoms with Crippen LogP contribution in [0.15, 0.2) is 0 Å². The Labute approximate surface area is 105 Å². The molecule has 4 saturated carbocycles. The highest BCUT2D eigenvalue weighted by atomic mass is 35.5. The molecule has 0 heterocycles. The van der Waals surface area contributed by atoms with Crippen molar-refractivity contribution in [1.29, 1.82) is 0 Å². The summed E-state index contributed by atoms with van der Waals surface area (Å²) in [6.45, 7) is 0. The Morgan fingerprint density at radius 3 is 2.00 bits per heavy atom. The van der Waals surface area contributed by atoms with Crippen LogP contribution in [0, 0.1) is 17.8 Å². The summed E-state index contributed by atoms with van der Waals surface area (Å²) < 4.78 is 0.434. The number of thiol groups is 1. The first kappa shape index (κ1) is 12.1. The smallest absolute Gasteiger partial charge is 0.0147 e. The first-order chi connectivity index (χ1) is 6.57. The van der Waals surface area contributed by atoms with Crippen LogP contribution in [0.3, 0.4) is 0 Å². The third-order valence-corrected chi connectivity index (χ3v) is 5.34. The summed E-state index contributed by atoms with van der Waals surface area (Å²) in [5, 5.41) is 0. The van der Waals surface area contributed by atoms with Crippen molar-refractivity contribution in [2.24, 2.45) is 17.8 Å². The van der Waals surface area contributed by atoms with E-state index < -0.39 is 0 Å². The standard InChI is InChI=1S/C12H21NS.ClH/c1-13(2)11-9-3-8-4-10(11)7-12(14,5-8)6-9;/h8-11,14H,3-7H2,1-2H3;1H. The van der Waals surface area contributed by atoms with Crippen LogP contribution in [0.1, 0.15) is 32.1 Å². The van der Waals surface area contributed by atoms with Gasteiger partial charge in [0.15, 0.2) is 0 Å². The molecule has 4 rings (SSSR count). The molecule has 2 unspecified atom stereocenters. The maximum Gasteiger partial charge on any atom is 0.0147 e. The van der Waals surface area contributed by atoms with E-state index in [2.05, 4.69) is 19.0 Å². The fourth-order valence-corrected chi connectivity index (χ4v) is 5.53. The molecule has 4 fully saturated rings. The third kappa shape index (κ3) is 1.83. The summed E-state index contributed by atoms with van der Waals surface area (Å²) >= 11 is 4.94. The van der Waals surface area contributed by atoms with Crippen LogP contribution < -0.4 is 0 Å². The van der Waals surface area contributed by atoms with E-state index >= 15 is 0 Å². The molecule has 2 atom stereocenters. The Bertz CT molecular complexity index is 240. The number of hydrogen-bond donors (Lipinski definition) is 1. The van der Waals surface area contributed by atoms with Crippen LogP contribution in [0.25, 0.3) is 0 Å². The van der Waals surface area contributed by atoms with Crippen molar-refractivity contribution < 1.29 is 0 Å². The Morgan fingerprint density at radius 2 is 1.60 bits per heavy atom. The summed E-state index contributed by atoms with van der Waals surface area (Å²) in [6.07, 6.45) is 7.14. The van der Waals surface area contributed by atoms with Crippen molar-refractivity contribution in [2.45, 2.75) is 42.9 Å². The Hall–Kier alpha value is 0.600. The zero-order valence-electron chi connectivity index (χ0n) is 9.65. The highest BCUT2D eigenvalue weighted by Crippen LogP contribution is 2.58. The molecule has 0 aliphatic heterocycles. The lowest BCUT2D eigenvalue weighted by Crippen LogP contribution is -2.58. The van der Waals surface area contributed by atoms with Crippen LogP contribution >= 0.6 is 25.0 Å². The lowest BCUT2D eigenvalue weighted by molar-refractivity contribution is -0.0362. The SMILES string of the molecule is CN(C)C1C2CC3CC1CC(S)(C3)C2.Cl. The second kappa shape index (κ2) is 3.82. The van der Waals surface area contributed by atoms with Gasteiger partial charge in [-0.05, 0) is 64.0 Å². The van der Waals surface area contributed by atoms with Crippen molar-refractivity contribution in [1.82, 2.24) is 4.90 Å². The topological polar surface area (TPSA) is 3.24 Å². The predicted molar refractivity (Wildman–Crippen MR) is 70.0 cm³/mol. The van der Waals surface area contributed by atoms with E-state index in [1.807, 2.05) is 0 Å². The summed E-state index contributed by atoms with van der Waals surface area (Å²) in [7, 11) is 4.52. The summed E-state index contributed by atoms with van der Waals surface area (Å²) in [6, 6.07) is 0.867. The highest BCUT2D eigenvalue weighted by molar-refractivity contribution is 7.81. The van der Waals surface area contributed by atoms with Gasteiger partial charge in [-0.2, -0.15) is 12.6 Å². The zero-order valence-corrected chi connectivity index (χ0v) is 11.4. The van der Waals surface area contributed by atoms with Gasteiger partial charge in [0.25, 0.3) is 0 Å². The molecule has 4 aliphatic rings. The van der Waals surface area contributed by atoms with E-state index in [9.17, 15) is 0 Å². The van der Waals surface area contributed by atoms with Gasteiger partial charge >= 0.3 is 0 Å². The van der Waals surface area contributed by atoms with E-state index in [-0.39, 0.29) is 12.4 Å². The maximum absolute atomic E-state index is 4.94. The molecule has 4 aliphatic carbocycles. The number of hydrogen-bond acceptors (Lipinski definition) is 2. The van der Waals surface area contributed by atoms with Crippen LogP contribution in [-0.2, 0) is 0 Å². The molecule has 0 aromatic heterocycles. The Morgan fingerprint density at radius 1 is 1.07 bits per heavy atom. The van der Waals surface area contributed by atoms with E-state index in [0.717, 1.165) is 23.8 Å². The molecule has 88 valence electrons. The maximum atomic E-state index is 4.94. The first-order valence-electron chi connectivity index (χ1n) is 5.96. The lowest BCUT2D eigenvalue weighted by Gasteiger charge is -2.60. The van der Waals surface area contributed by atoms with Gasteiger partial charge in [0, 0.05) is 10.8 Å². The Kier molecular flexibility index (Phi) is 3.07. The molecule has 15 heavy (non-hydrogen) atoms. The van der Waals surface area contributed by atoms with Crippen molar-refractivity contribution in [3.8, 4) is 0 Å². The first-order valence-corrected chi connectivity index (χ1v) is 6.41. The number of rotatable bonds is 1. The van der Waals surface area contributed by atoms with Crippen molar-refractivity contribution in [3.05, 3.63) is 0 Å². The molecule has 0 N–H and O–H groups in total. The molecule has 4 bridgehead atoms. The summed E-state index contributed by atoms with van der Waals surface area (Å²) in [5.41, 5.74) is 0. The van der Waals surface area contributed by atoms with Gasteiger partial charge in [-0.3, -0.25) is 0 Å². The minimum atomic E-state index is 0. The molecular weight excluding hydrogens is 226 g/mol. The molecule has 0 aromatic carbocycles. The Balaban J connectivity index is 0.000000853. The molecule has 3 heteroatoms. The zero-order chi connectivity index (χ0) is 9.92. The normalized spacial score (nSPS) is 52.0. The van der Waals surface area contributed by atoms with Crippen LogP contribution in [0.2, 0.25) is 0 Å². The molecule has 0 amide bonds. The molecule has 0 spiro atoms. The van der Waals surface area contributed by atoms with Crippen molar-refractivity contribution >= 4 is 25.0 Å². The van der Waals surface area contributed by atoms with Crippen LogP contribution in [0.5, 0.6) is 0 Å². The van der Waals surface area contributed by atoms with Gasteiger partial charge < -0.3 is 4.90 Å².